The Labute approximate surface area is 148 Å². The summed E-state index contributed by atoms with van der Waals surface area (Å²) < 4.78 is 7.20. The van der Waals surface area contributed by atoms with Crippen molar-refractivity contribution in [1.29, 1.82) is 0 Å². The first-order chi connectivity index (χ1) is 11.3. The van der Waals surface area contributed by atoms with Gasteiger partial charge in [-0.05, 0) is 23.6 Å². The molecule has 0 fully saturated rings. The largest absolute Gasteiger partial charge is 0.408 e. The van der Waals surface area contributed by atoms with Crippen molar-refractivity contribution in [2.24, 2.45) is 16.6 Å². The highest BCUT2D eigenvalue weighted by Crippen LogP contribution is 2.26. The normalized spacial score (nSPS) is 16.8. The number of dihydropyridines is 1. The Kier molecular flexibility index (Phi) is 4.92. The third kappa shape index (κ3) is 3.71. The molecule has 0 bridgehead atoms. The van der Waals surface area contributed by atoms with Crippen LogP contribution in [0.2, 0.25) is 0 Å². The van der Waals surface area contributed by atoms with Crippen LogP contribution in [-0.4, -0.2) is 27.2 Å². The Morgan fingerprint density at radius 2 is 2.35 bits per heavy atom. The van der Waals surface area contributed by atoms with Gasteiger partial charge in [-0.2, -0.15) is 5.10 Å². The van der Waals surface area contributed by atoms with E-state index in [-0.39, 0.29) is 5.92 Å². The highest BCUT2D eigenvalue weighted by Gasteiger charge is 2.20. The molecule has 7 heteroatoms. The van der Waals surface area contributed by atoms with Crippen molar-refractivity contribution in [3.63, 3.8) is 0 Å². The fourth-order valence-electron chi connectivity index (χ4n) is 2.46. The van der Waals surface area contributed by atoms with Crippen molar-refractivity contribution >= 4 is 34.5 Å². The standard InChI is InChI=1S/C16H14IN5O/c17-23-16-15(14-3-1-2-12(6-14)4-5-18)7-13(8-20-16)9-22-11-19-10-21-22/h1-3,6-7,10-11,13H,8-9,18H2. The van der Waals surface area contributed by atoms with Crippen LogP contribution in [0, 0.1) is 17.9 Å². The fourth-order valence-corrected chi connectivity index (χ4v) is 2.83. The van der Waals surface area contributed by atoms with Crippen molar-refractivity contribution in [3.8, 4) is 12.0 Å². The summed E-state index contributed by atoms with van der Waals surface area (Å²) in [5, 5.41) is 4.15. The number of aromatic nitrogens is 3. The van der Waals surface area contributed by atoms with E-state index in [1.807, 2.05) is 47.3 Å². The lowest BCUT2D eigenvalue weighted by atomic mass is 9.96. The van der Waals surface area contributed by atoms with Gasteiger partial charge in [-0.3, -0.25) is 4.68 Å². The summed E-state index contributed by atoms with van der Waals surface area (Å²) in [5.74, 6) is 3.71. The van der Waals surface area contributed by atoms with Crippen LogP contribution in [0.5, 0.6) is 0 Å². The van der Waals surface area contributed by atoms with Crippen LogP contribution in [0.15, 0.2) is 48.0 Å². The van der Waals surface area contributed by atoms with Gasteiger partial charge in [0.1, 0.15) is 12.7 Å². The van der Waals surface area contributed by atoms with E-state index >= 15 is 0 Å². The number of nitrogens with zero attached hydrogens (tertiary/aromatic N) is 4. The number of halogens is 1. The monoisotopic (exact) mass is 419 g/mol. The van der Waals surface area contributed by atoms with Crippen molar-refractivity contribution < 1.29 is 3.07 Å². The van der Waals surface area contributed by atoms with Gasteiger partial charge in [0.25, 0.3) is 0 Å². The second-order valence-corrected chi connectivity index (χ2v) is 5.47. The molecule has 1 aromatic carbocycles. The summed E-state index contributed by atoms with van der Waals surface area (Å²) >= 11 is 1.86. The topological polar surface area (TPSA) is 78.3 Å². The van der Waals surface area contributed by atoms with Crippen molar-refractivity contribution in [1.82, 2.24) is 14.8 Å². The fraction of sp³-hybridized carbons (Fsp3) is 0.188. The van der Waals surface area contributed by atoms with Gasteiger partial charge in [0, 0.05) is 23.1 Å². The maximum Gasteiger partial charge on any atom is 0.227 e. The molecule has 0 aliphatic carbocycles. The average molecular weight is 419 g/mol. The molecule has 0 radical (unpaired) electrons. The van der Waals surface area contributed by atoms with E-state index in [9.17, 15) is 0 Å². The van der Waals surface area contributed by atoms with Gasteiger partial charge in [0.15, 0.2) is 23.0 Å². The summed E-state index contributed by atoms with van der Waals surface area (Å²) in [6, 6.07) is 10.3. The van der Waals surface area contributed by atoms with E-state index in [1.54, 1.807) is 11.0 Å². The predicted octanol–water partition coefficient (Wildman–Crippen LogP) is 2.02. The second-order valence-electron chi connectivity index (χ2n) is 5.03. The Bertz CT molecular complexity index is 801. The first-order valence-electron chi connectivity index (χ1n) is 7.00. The molecule has 116 valence electrons. The molecule has 1 aromatic heterocycles. The van der Waals surface area contributed by atoms with Gasteiger partial charge >= 0.3 is 0 Å². The molecule has 0 saturated carbocycles. The lowest BCUT2D eigenvalue weighted by Crippen LogP contribution is -2.19. The third-order valence-electron chi connectivity index (χ3n) is 3.45. The summed E-state index contributed by atoms with van der Waals surface area (Å²) in [6.45, 7) is 1.38. The van der Waals surface area contributed by atoms with E-state index in [1.165, 1.54) is 6.33 Å². The number of aliphatic imine (C=N–C) groups is 1. The SMILES string of the molecule is NC#Cc1cccc(C2=CC(Cn3cncn3)CN=C2OI)c1. The molecule has 1 unspecified atom stereocenters. The Morgan fingerprint density at radius 1 is 1.43 bits per heavy atom. The first-order valence-corrected chi connectivity index (χ1v) is 7.88. The molecule has 2 aromatic rings. The summed E-state index contributed by atoms with van der Waals surface area (Å²) in [5.41, 5.74) is 8.12. The first kappa shape index (κ1) is 15.6. The number of hydrogen-bond donors (Lipinski definition) is 1. The quantitative estimate of drug-likeness (QED) is 0.469. The number of rotatable bonds is 3. The van der Waals surface area contributed by atoms with E-state index in [0.717, 1.165) is 23.2 Å². The maximum atomic E-state index is 5.40. The van der Waals surface area contributed by atoms with Gasteiger partial charge < -0.3 is 8.80 Å². The molecule has 6 nitrogen and oxygen atoms in total. The van der Waals surface area contributed by atoms with Crippen LogP contribution in [0.3, 0.4) is 0 Å². The van der Waals surface area contributed by atoms with Gasteiger partial charge in [-0.15, -0.1) is 0 Å². The molecule has 3 rings (SSSR count). The minimum absolute atomic E-state index is 0.228. The average Bonchev–Trinajstić information content (AvgIpc) is 3.08. The zero-order chi connectivity index (χ0) is 16.1. The van der Waals surface area contributed by atoms with Crippen LogP contribution < -0.4 is 5.73 Å². The molecular formula is C16H14IN5O. The van der Waals surface area contributed by atoms with Crippen LogP contribution in [0.4, 0.5) is 0 Å². The molecule has 0 amide bonds. The minimum Gasteiger partial charge on any atom is -0.408 e. The smallest absolute Gasteiger partial charge is 0.227 e. The van der Waals surface area contributed by atoms with Crippen molar-refractivity contribution in [3.05, 3.63) is 54.1 Å². The second kappa shape index (κ2) is 7.28. The molecule has 2 heterocycles. The van der Waals surface area contributed by atoms with Crippen LogP contribution in [0.25, 0.3) is 5.57 Å². The minimum atomic E-state index is 0.228. The molecular weight excluding hydrogens is 405 g/mol. The number of hydrogen-bond acceptors (Lipinski definition) is 5. The van der Waals surface area contributed by atoms with Crippen molar-refractivity contribution in [2.45, 2.75) is 6.54 Å². The van der Waals surface area contributed by atoms with Crippen LogP contribution in [0.1, 0.15) is 11.1 Å². The zero-order valence-electron chi connectivity index (χ0n) is 12.2. The lowest BCUT2D eigenvalue weighted by Gasteiger charge is -2.19. The maximum absolute atomic E-state index is 5.40. The van der Waals surface area contributed by atoms with E-state index in [4.69, 9.17) is 8.80 Å². The molecule has 2 N–H and O–H groups in total. The van der Waals surface area contributed by atoms with Gasteiger partial charge in [-0.25, -0.2) is 9.98 Å². The summed E-state index contributed by atoms with van der Waals surface area (Å²) in [4.78, 5) is 8.51. The number of benzene rings is 1. The van der Waals surface area contributed by atoms with Crippen LogP contribution >= 0.6 is 23.0 Å². The van der Waals surface area contributed by atoms with Gasteiger partial charge in [0.2, 0.25) is 5.90 Å². The van der Waals surface area contributed by atoms with Crippen LogP contribution in [-0.2, 0) is 9.61 Å². The van der Waals surface area contributed by atoms with E-state index in [2.05, 4.69) is 33.1 Å². The molecule has 1 aliphatic heterocycles. The molecule has 0 saturated heterocycles. The van der Waals surface area contributed by atoms with E-state index < -0.39 is 0 Å². The third-order valence-corrected chi connectivity index (χ3v) is 3.87. The highest BCUT2D eigenvalue weighted by atomic mass is 127. The number of nitrogens with two attached hydrogens (primary N) is 1. The molecule has 0 spiro atoms. The highest BCUT2D eigenvalue weighted by molar-refractivity contribution is 14.1. The summed E-state index contributed by atoms with van der Waals surface area (Å²) in [7, 11) is 0. The van der Waals surface area contributed by atoms with E-state index in [0.29, 0.717) is 12.4 Å². The Hall–Kier alpha value is -2.34. The predicted molar refractivity (Wildman–Crippen MR) is 96.4 cm³/mol. The molecule has 1 atom stereocenters. The van der Waals surface area contributed by atoms with Gasteiger partial charge in [0.05, 0.1) is 13.1 Å². The molecule has 23 heavy (non-hydrogen) atoms. The molecule has 1 aliphatic rings. The summed E-state index contributed by atoms with van der Waals surface area (Å²) in [6.07, 6.45) is 5.40. The zero-order valence-corrected chi connectivity index (χ0v) is 14.3. The Balaban J connectivity index is 1.91. The van der Waals surface area contributed by atoms with Gasteiger partial charge in [-0.1, -0.05) is 18.2 Å². The Morgan fingerprint density at radius 3 is 3.09 bits per heavy atom. The van der Waals surface area contributed by atoms with Crippen molar-refractivity contribution in [2.75, 3.05) is 6.54 Å². The lowest BCUT2D eigenvalue weighted by molar-refractivity contribution is 0.491.